The van der Waals surface area contributed by atoms with Gasteiger partial charge in [-0.05, 0) is 37.0 Å². The third kappa shape index (κ3) is 2.59. The van der Waals surface area contributed by atoms with E-state index in [0.29, 0.717) is 5.92 Å². The molecule has 1 N–H and O–H groups in total. The molecule has 3 unspecified atom stereocenters. The average molecular weight is 305 g/mol. The summed E-state index contributed by atoms with van der Waals surface area (Å²) in [5.74, 6) is 2.59. The minimum atomic E-state index is -0.381. The molecule has 1 spiro atoms. The van der Waals surface area contributed by atoms with Gasteiger partial charge in [-0.25, -0.2) is 0 Å². The van der Waals surface area contributed by atoms with Crippen molar-refractivity contribution < 1.29 is 9.84 Å². The second-order valence-electron chi connectivity index (χ2n) is 5.20. The maximum Gasteiger partial charge on any atom is 0.0912 e. The number of thiophene rings is 1. The van der Waals surface area contributed by atoms with Crippen LogP contribution in [-0.2, 0) is 4.74 Å². The molecular formula is C13H17ClO2S2. The fourth-order valence-corrected chi connectivity index (χ4v) is 5.45. The second kappa shape index (κ2) is 5.33. The smallest absolute Gasteiger partial charge is 0.0912 e. The highest BCUT2D eigenvalue weighted by atomic mass is 35.5. The van der Waals surface area contributed by atoms with Crippen molar-refractivity contribution in [3.05, 3.63) is 21.3 Å². The van der Waals surface area contributed by atoms with E-state index in [4.69, 9.17) is 16.3 Å². The zero-order chi connectivity index (χ0) is 12.6. The first kappa shape index (κ1) is 13.3. The maximum absolute atomic E-state index is 10.5. The highest BCUT2D eigenvalue weighted by Crippen LogP contribution is 2.44. The van der Waals surface area contributed by atoms with Gasteiger partial charge < -0.3 is 9.84 Å². The lowest BCUT2D eigenvalue weighted by Gasteiger charge is -2.39. The van der Waals surface area contributed by atoms with Crippen LogP contribution >= 0.6 is 34.7 Å². The molecule has 0 saturated carbocycles. The Hall–Kier alpha value is 0.260. The Morgan fingerprint density at radius 1 is 1.56 bits per heavy atom. The number of aliphatic hydroxyl groups excluding tert-OH is 1. The third-order valence-electron chi connectivity index (χ3n) is 3.92. The first-order valence-corrected chi connectivity index (χ1v) is 8.73. The Labute approximate surface area is 121 Å². The average Bonchev–Trinajstić information content (AvgIpc) is 2.98. The number of ether oxygens (including phenoxy) is 1. The van der Waals surface area contributed by atoms with Crippen LogP contribution in [0.2, 0.25) is 5.02 Å². The Bertz CT molecular complexity index is 415. The van der Waals surface area contributed by atoms with Crippen molar-refractivity contribution in [1.29, 1.82) is 0 Å². The predicted molar refractivity (Wildman–Crippen MR) is 77.6 cm³/mol. The van der Waals surface area contributed by atoms with E-state index in [1.807, 2.05) is 23.2 Å². The van der Waals surface area contributed by atoms with E-state index in [0.717, 1.165) is 41.5 Å². The van der Waals surface area contributed by atoms with Crippen LogP contribution in [-0.4, -0.2) is 28.8 Å². The normalized spacial score (nSPS) is 34.0. The molecule has 0 bridgehead atoms. The molecule has 1 aromatic heterocycles. The summed E-state index contributed by atoms with van der Waals surface area (Å²) in [5, 5.41) is 13.1. The van der Waals surface area contributed by atoms with Crippen molar-refractivity contribution >= 4 is 34.7 Å². The lowest BCUT2D eigenvalue weighted by atomic mass is 9.82. The molecule has 2 aliphatic heterocycles. The lowest BCUT2D eigenvalue weighted by Crippen LogP contribution is -2.41. The highest BCUT2D eigenvalue weighted by molar-refractivity contribution is 7.99. The Morgan fingerprint density at radius 2 is 2.44 bits per heavy atom. The number of halogens is 1. The van der Waals surface area contributed by atoms with Crippen molar-refractivity contribution in [2.45, 2.75) is 31.0 Å². The molecule has 1 aromatic rings. The molecule has 0 aliphatic carbocycles. The Morgan fingerprint density at radius 3 is 3.11 bits per heavy atom. The predicted octanol–water partition coefficient (Wildman–Crippen LogP) is 3.74. The zero-order valence-electron chi connectivity index (χ0n) is 10.1. The molecule has 3 heterocycles. The van der Waals surface area contributed by atoms with Gasteiger partial charge in [0.25, 0.3) is 0 Å². The van der Waals surface area contributed by atoms with Gasteiger partial charge in [0.15, 0.2) is 0 Å². The summed E-state index contributed by atoms with van der Waals surface area (Å²) in [7, 11) is 0. The topological polar surface area (TPSA) is 29.5 Å². The summed E-state index contributed by atoms with van der Waals surface area (Å²) in [4.78, 5) is 0.993. The van der Waals surface area contributed by atoms with Crippen LogP contribution in [0.15, 0.2) is 11.4 Å². The van der Waals surface area contributed by atoms with E-state index in [1.54, 1.807) is 11.3 Å². The lowest BCUT2D eigenvalue weighted by molar-refractivity contribution is -0.101. The third-order valence-corrected chi connectivity index (χ3v) is 6.50. The summed E-state index contributed by atoms with van der Waals surface area (Å²) in [5.41, 5.74) is 0.0373. The first-order chi connectivity index (χ1) is 8.69. The minimum absolute atomic E-state index is 0.0373. The van der Waals surface area contributed by atoms with Gasteiger partial charge in [-0.3, -0.25) is 0 Å². The molecule has 3 atom stereocenters. The number of hydrogen-bond acceptors (Lipinski definition) is 4. The molecule has 2 aliphatic rings. The van der Waals surface area contributed by atoms with Gasteiger partial charge in [-0.2, -0.15) is 11.8 Å². The molecule has 3 rings (SSSR count). The number of rotatable bonds is 2. The molecule has 0 aromatic carbocycles. The van der Waals surface area contributed by atoms with E-state index in [1.165, 1.54) is 5.75 Å². The number of hydrogen-bond donors (Lipinski definition) is 1. The van der Waals surface area contributed by atoms with E-state index >= 15 is 0 Å². The summed E-state index contributed by atoms with van der Waals surface area (Å²) >= 11 is 9.46. The Kier molecular flexibility index (Phi) is 3.92. The van der Waals surface area contributed by atoms with Crippen molar-refractivity contribution in [2.75, 3.05) is 18.1 Å². The van der Waals surface area contributed by atoms with Gasteiger partial charge in [0.05, 0.1) is 16.7 Å². The maximum atomic E-state index is 10.5. The quantitative estimate of drug-likeness (QED) is 0.902. The molecule has 0 amide bonds. The van der Waals surface area contributed by atoms with Gasteiger partial charge in [-0.15, -0.1) is 11.3 Å². The van der Waals surface area contributed by atoms with E-state index < -0.39 is 0 Å². The van der Waals surface area contributed by atoms with Crippen molar-refractivity contribution in [1.82, 2.24) is 0 Å². The standard InChI is InChI=1S/C13H17ClO2S2/c14-10-5-11(18-7-10)12(15)9-1-3-16-13(6-9)2-4-17-8-13/h5,7,9,12,15H,1-4,6,8H2. The van der Waals surface area contributed by atoms with Crippen LogP contribution in [0.4, 0.5) is 0 Å². The van der Waals surface area contributed by atoms with Crippen LogP contribution in [0.25, 0.3) is 0 Å². The van der Waals surface area contributed by atoms with Crippen LogP contribution < -0.4 is 0 Å². The van der Waals surface area contributed by atoms with Gasteiger partial charge in [0.2, 0.25) is 0 Å². The Balaban J connectivity index is 1.72. The molecule has 5 heteroatoms. The van der Waals surface area contributed by atoms with Crippen molar-refractivity contribution in [3.63, 3.8) is 0 Å². The molecular weight excluding hydrogens is 288 g/mol. The SMILES string of the molecule is OC(c1cc(Cl)cs1)C1CCOC2(CCSC2)C1. The first-order valence-electron chi connectivity index (χ1n) is 6.32. The van der Waals surface area contributed by atoms with Gasteiger partial charge in [0, 0.05) is 22.6 Å². The van der Waals surface area contributed by atoms with Crippen LogP contribution in [0, 0.1) is 5.92 Å². The van der Waals surface area contributed by atoms with E-state index in [-0.39, 0.29) is 11.7 Å². The van der Waals surface area contributed by atoms with Gasteiger partial charge >= 0.3 is 0 Å². The second-order valence-corrected chi connectivity index (χ2v) is 7.68. The monoisotopic (exact) mass is 304 g/mol. The van der Waals surface area contributed by atoms with Gasteiger partial charge in [0.1, 0.15) is 0 Å². The van der Waals surface area contributed by atoms with Crippen LogP contribution in [0.3, 0.4) is 0 Å². The fourth-order valence-electron chi connectivity index (χ4n) is 2.91. The summed E-state index contributed by atoms with van der Waals surface area (Å²) in [6.45, 7) is 0.779. The minimum Gasteiger partial charge on any atom is -0.387 e. The molecule has 100 valence electrons. The van der Waals surface area contributed by atoms with Crippen molar-refractivity contribution in [2.24, 2.45) is 5.92 Å². The van der Waals surface area contributed by atoms with Crippen LogP contribution in [0.1, 0.15) is 30.2 Å². The van der Waals surface area contributed by atoms with Crippen molar-refractivity contribution in [3.8, 4) is 0 Å². The van der Waals surface area contributed by atoms with E-state index in [9.17, 15) is 5.11 Å². The summed E-state index contributed by atoms with van der Waals surface area (Å²) < 4.78 is 5.99. The molecule has 0 radical (unpaired) electrons. The molecule has 2 saturated heterocycles. The number of thioether (sulfide) groups is 1. The summed E-state index contributed by atoms with van der Waals surface area (Å²) in [6.07, 6.45) is 2.68. The largest absolute Gasteiger partial charge is 0.387 e. The van der Waals surface area contributed by atoms with Gasteiger partial charge in [-0.1, -0.05) is 11.6 Å². The highest BCUT2D eigenvalue weighted by Gasteiger charge is 2.42. The molecule has 2 nitrogen and oxygen atoms in total. The zero-order valence-corrected chi connectivity index (χ0v) is 12.5. The number of aliphatic hydroxyl groups is 1. The fraction of sp³-hybridized carbons (Fsp3) is 0.692. The van der Waals surface area contributed by atoms with Crippen LogP contribution in [0.5, 0.6) is 0 Å². The molecule has 2 fully saturated rings. The van der Waals surface area contributed by atoms with E-state index in [2.05, 4.69) is 0 Å². The molecule has 18 heavy (non-hydrogen) atoms. The summed E-state index contributed by atoms with van der Waals surface area (Å²) in [6, 6.07) is 1.89.